The fourth-order valence-electron chi connectivity index (χ4n) is 2.69. The quantitative estimate of drug-likeness (QED) is 0.477. The highest BCUT2D eigenvalue weighted by Crippen LogP contribution is 2.23. The van der Waals surface area contributed by atoms with E-state index in [1.54, 1.807) is 18.2 Å². The maximum absolute atomic E-state index is 12.4. The Bertz CT molecular complexity index is 719. The van der Waals surface area contributed by atoms with E-state index in [1.165, 1.54) is 13.0 Å². The van der Waals surface area contributed by atoms with Gasteiger partial charge in [0.1, 0.15) is 0 Å². The number of hydrogen-bond donors (Lipinski definition) is 3. The van der Waals surface area contributed by atoms with Crippen molar-refractivity contribution in [2.75, 3.05) is 5.75 Å². The van der Waals surface area contributed by atoms with Crippen LogP contribution in [0.5, 0.6) is 0 Å². The molecule has 1 aliphatic rings. The van der Waals surface area contributed by atoms with Crippen LogP contribution in [0.2, 0.25) is 0 Å². The first kappa shape index (κ1) is 20.8. The van der Waals surface area contributed by atoms with Crippen molar-refractivity contribution in [2.45, 2.75) is 49.6 Å². The van der Waals surface area contributed by atoms with Crippen molar-refractivity contribution in [3.63, 3.8) is 0 Å². The summed E-state index contributed by atoms with van der Waals surface area (Å²) in [4.78, 5) is 47.7. The minimum Gasteiger partial charge on any atom is -0.449 e. The maximum atomic E-state index is 12.4. The Labute approximate surface area is 161 Å². The first-order chi connectivity index (χ1) is 12.9. The lowest BCUT2D eigenvalue weighted by Gasteiger charge is -2.16. The molecule has 146 valence electrons. The van der Waals surface area contributed by atoms with Crippen LogP contribution in [-0.4, -0.2) is 41.7 Å². The van der Waals surface area contributed by atoms with Crippen LogP contribution < -0.4 is 16.4 Å². The highest BCUT2D eigenvalue weighted by atomic mass is 32.2. The molecule has 9 heteroatoms. The molecule has 0 spiro atoms. The van der Waals surface area contributed by atoms with Crippen LogP contribution >= 0.6 is 11.8 Å². The predicted octanol–water partition coefficient (Wildman–Crippen LogP) is 1.58. The monoisotopic (exact) mass is 393 g/mol. The number of benzene rings is 1. The molecule has 4 amide bonds. The molecule has 0 bridgehead atoms. The second kappa shape index (κ2) is 9.96. The molecule has 1 aromatic rings. The normalized spacial score (nSPS) is 15.0. The Kier molecular flexibility index (Phi) is 7.66. The van der Waals surface area contributed by atoms with Gasteiger partial charge in [-0.1, -0.05) is 25.0 Å². The van der Waals surface area contributed by atoms with Gasteiger partial charge < -0.3 is 15.8 Å². The third kappa shape index (κ3) is 6.59. The number of amides is 4. The van der Waals surface area contributed by atoms with Crippen LogP contribution in [-0.2, 0) is 14.3 Å². The smallest absolute Gasteiger partial charge is 0.340 e. The largest absolute Gasteiger partial charge is 0.449 e. The number of primary amides is 1. The molecule has 1 saturated carbocycles. The predicted molar refractivity (Wildman–Crippen MR) is 100 cm³/mol. The Balaban J connectivity index is 1.89. The van der Waals surface area contributed by atoms with Crippen LogP contribution in [0.3, 0.4) is 0 Å². The summed E-state index contributed by atoms with van der Waals surface area (Å²) >= 11 is 1.11. The summed E-state index contributed by atoms with van der Waals surface area (Å²) in [6.45, 7) is 1.38. The molecule has 1 atom stereocenters. The number of urea groups is 1. The van der Waals surface area contributed by atoms with Gasteiger partial charge in [-0.3, -0.25) is 14.9 Å². The van der Waals surface area contributed by atoms with Gasteiger partial charge in [-0.05, 0) is 31.9 Å². The van der Waals surface area contributed by atoms with Crippen LogP contribution in [0.1, 0.15) is 43.0 Å². The zero-order valence-electron chi connectivity index (χ0n) is 15.0. The lowest BCUT2D eigenvalue weighted by molar-refractivity contribution is -0.128. The van der Waals surface area contributed by atoms with Gasteiger partial charge in [0.05, 0.1) is 11.3 Å². The van der Waals surface area contributed by atoms with Gasteiger partial charge in [0, 0.05) is 10.9 Å². The molecule has 1 unspecified atom stereocenters. The number of hydrogen-bond acceptors (Lipinski definition) is 6. The van der Waals surface area contributed by atoms with Crippen molar-refractivity contribution >= 4 is 35.6 Å². The minimum atomic E-state index is -1.15. The van der Waals surface area contributed by atoms with Crippen molar-refractivity contribution in [3.8, 4) is 0 Å². The number of ether oxygens (including phenoxy) is 1. The molecular weight excluding hydrogens is 370 g/mol. The van der Waals surface area contributed by atoms with Gasteiger partial charge in [0.15, 0.2) is 6.10 Å². The summed E-state index contributed by atoms with van der Waals surface area (Å²) in [5, 5.41) is 4.91. The third-order valence-electron chi connectivity index (χ3n) is 4.06. The number of rotatable bonds is 7. The van der Waals surface area contributed by atoms with Gasteiger partial charge in [0.25, 0.3) is 5.91 Å². The number of carbonyl (C=O) groups excluding carboxylic acids is 4. The van der Waals surface area contributed by atoms with E-state index < -0.39 is 29.9 Å². The molecule has 27 heavy (non-hydrogen) atoms. The number of nitrogens with one attached hydrogen (secondary N) is 2. The highest BCUT2D eigenvalue weighted by Gasteiger charge is 2.24. The number of nitrogens with two attached hydrogens (primary N) is 1. The zero-order valence-corrected chi connectivity index (χ0v) is 15.8. The van der Waals surface area contributed by atoms with E-state index in [0.29, 0.717) is 4.90 Å². The fraction of sp³-hybridized carbons (Fsp3) is 0.444. The molecule has 0 saturated heterocycles. The Morgan fingerprint density at radius 3 is 2.56 bits per heavy atom. The average Bonchev–Trinajstić information content (AvgIpc) is 3.12. The molecule has 1 aliphatic carbocycles. The van der Waals surface area contributed by atoms with Crippen LogP contribution in [0.15, 0.2) is 29.2 Å². The highest BCUT2D eigenvalue weighted by molar-refractivity contribution is 8.00. The number of thioether (sulfide) groups is 1. The average molecular weight is 393 g/mol. The van der Waals surface area contributed by atoms with Gasteiger partial charge in [-0.2, -0.15) is 0 Å². The first-order valence-corrected chi connectivity index (χ1v) is 9.68. The summed E-state index contributed by atoms with van der Waals surface area (Å²) in [6.07, 6.45) is 2.75. The molecule has 1 aromatic carbocycles. The van der Waals surface area contributed by atoms with Crippen molar-refractivity contribution in [1.29, 1.82) is 0 Å². The second-order valence-electron chi connectivity index (χ2n) is 6.24. The Morgan fingerprint density at radius 1 is 1.22 bits per heavy atom. The van der Waals surface area contributed by atoms with Gasteiger partial charge in [-0.15, -0.1) is 11.8 Å². The Hall–Kier alpha value is -2.55. The number of carbonyl (C=O) groups is 4. The third-order valence-corrected chi connectivity index (χ3v) is 5.15. The minimum absolute atomic E-state index is 0.0155. The van der Waals surface area contributed by atoms with E-state index in [0.717, 1.165) is 37.4 Å². The molecule has 0 aromatic heterocycles. The molecule has 8 nitrogen and oxygen atoms in total. The summed E-state index contributed by atoms with van der Waals surface area (Å²) in [7, 11) is 0. The molecule has 0 radical (unpaired) electrons. The fourth-order valence-corrected chi connectivity index (χ4v) is 3.47. The van der Waals surface area contributed by atoms with E-state index in [1.807, 2.05) is 0 Å². The SMILES string of the molecule is CC(OC(=O)c1ccccc1SCC(N)=O)C(=O)NC(=O)NC1CCCC1. The van der Waals surface area contributed by atoms with E-state index in [4.69, 9.17) is 10.5 Å². The van der Waals surface area contributed by atoms with E-state index in [2.05, 4.69) is 10.6 Å². The molecule has 4 N–H and O–H groups in total. The maximum Gasteiger partial charge on any atom is 0.340 e. The van der Waals surface area contributed by atoms with Crippen LogP contribution in [0.4, 0.5) is 4.79 Å². The van der Waals surface area contributed by atoms with E-state index in [9.17, 15) is 19.2 Å². The van der Waals surface area contributed by atoms with E-state index >= 15 is 0 Å². The van der Waals surface area contributed by atoms with Crippen molar-refractivity contribution in [2.24, 2.45) is 5.73 Å². The Morgan fingerprint density at radius 2 is 1.89 bits per heavy atom. The zero-order chi connectivity index (χ0) is 19.8. The molecule has 0 heterocycles. The lowest BCUT2D eigenvalue weighted by Crippen LogP contribution is -2.47. The van der Waals surface area contributed by atoms with Crippen LogP contribution in [0, 0.1) is 0 Å². The summed E-state index contributed by atoms with van der Waals surface area (Å²) in [5.74, 6) is -1.92. The van der Waals surface area contributed by atoms with Gasteiger partial charge in [-0.25, -0.2) is 9.59 Å². The van der Waals surface area contributed by atoms with E-state index in [-0.39, 0.29) is 17.4 Å². The molecule has 1 fully saturated rings. The van der Waals surface area contributed by atoms with Crippen molar-refractivity contribution in [3.05, 3.63) is 29.8 Å². The summed E-state index contributed by atoms with van der Waals surface area (Å²) < 4.78 is 5.16. The second-order valence-corrected chi connectivity index (χ2v) is 7.26. The number of imide groups is 1. The topological polar surface area (TPSA) is 128 Å². The van der Waals surface area contributed by atoms with Gasteiger partial charge in [0.2, 0.25) is 5.91 Å². The lowest BCUT2D eigenvalue weighted by atomic mass is 10.2. The van der Waals surface area contributed by atoms with Crippen molar-refractivity contribution < 1.29 is 23.9 Å². The van der Waals surface area contributed by atoms with Gasteiger partial charge >= 0.3 is 12.0 Å². The standard InChI is InChI=1S/C18H23N3O5S/c1-11(16(23)21-18(25)20-12-6-2-3-7-12)26-17(24)13-8-4-5-9-14(13)27-10-15(19)22/h4-5,8-9,11-12H,2-3,6-7,10H2,1H3,(H2,19,22)(H2,20,21,23,25). The molecular formula is C18H23N3O5S. The summed E-state index contributed by atoms with van der Waals surface area (Å²) in [6, 6.07) is 6.03. The van der Waals surface area contributed by atoms with Crippen molar-refractivity contribution in [1.82, 2.24) is 10.6 Å². The van der Waals surface area contributed by atoms with Crippen LogP contribution in [0.25, 0.3) is 0 Å². The molecule has 0 aliphatic heterocycles. The molecule has 2 rings (SSSR count). The summed E-state index contributed by atoms with van der Waals surface area (Å²) in [5.41, 5.74) is 5.35. The number of esters is 1. The first-order valence-electron chi connectivity index (χ1n) is 8.69.